The summed E-state index contributed by atoms with van der Waals surface area (Å²) < 4.78 is 9.69. The number of ether oxygens (including phenoxy) is 2. The average molecular weight is 405 g/mol. The number of hydrogen-bond donors (Lipinski definition) is 3. The molecule has 0 spiro atoms. The van der Waals surface area contributed by atoms with Crippen molar-refractivity contribution in [1.29, 1.82) is 0 Å². The summed E-state index contributed by atoms with van der Waals surface area (Å²) in [5, 5.41) is 14.6. The van der Waals surface area contributed by atoms with E-state index in [9.17, 15) is 24.3 Å². The van der Waals surface area contributed by atoms with Crippen molar-refractivity contribution in [2.45, 2.75) is 44.2 Å². The molecule has 3 amide bonds. The van der Waals surface area contributed by atoms with Crippen LogP contribution in [0.1, 0.15) is 24.8 Å². The number of amides is 3. The number of cyclic esters (lactones) is 1. The minimum atomic E-state index is -1.39. The van der Waals surface area contributed by atoms with Gasteiger partial charge in [-0.05, 0) is 18.4 Å². The zero-order valence-corrected chi connectivity index (χ0v) is 15.7. The van der Waals surface area contributed by atoms with Crippen molar-refractivity contribution < 1.29 is 33.8 Å². The number of likely N-dealkylation sites (tertiary alicyclic amines) is 1. The lowest BCUT2D eigenvalue weighted by Crippen LogP contribution is -2.55. The standard InChI is InChI=1S/C19H23N3O7/c23-15(20-14-9-16(24)29-18(14)26)10-22-8-4-7-13(17(22)25)21-19(27)28-11-12-5-2-1-3-6-12/h1-3,5-6,13-14,18,26H,4,7-11H2,(H,20,23)(H,21,27)/t13-,14-,18?/m0/s1. The molecule has 2 aliphatic heterocycles. The lowest BCUT2D eigenvalue weighted by molar-refractivity contribution is -0.155. The van der Waals surface area contributed by atoms with Gasteiger partial charge in [0.2, 0.25) is 18.1 Å². The maximum absolute atomic E-state index is 12.6. The summed E-state index contributed by atoms with van der Waals surface area (Å²) in [7, 11) is 0. The number of benzene rings is 1. The van der Waals surface area contributed by atoms with Gasteiger partial charge in [0.05, 0.1) is 13.0 Å². The molecule has 29 heavy (non-hydrogen) atoms. The van der Waals surface area contributed by atoms with Gasteiger partial charge in [0, 0.05) is 6.54 Å². The number of carbonyl (C=O) groups is 4. The molecule has 3 N–H and O–H groups in total. The van der Waals surface area contributed by atoms with Gasteiger partial charge < -0.3 is 30.1 Å². The molecule has 3 rings (SSSR count). The van der Waals surface area contributed by atoms with Crippen molar-refractivity contribution >= 4 is 23.9 Å². The number of nitrogens with zero attached hydrogens (tertiary/aromatic N) is 1. The predicted molar refractivity (Wildman–Crippen MR) is 98.0 cm³/mol. The Balaban J connectivity index is 1.46. The Kier molecular flexibility index (Phi) is 6.65. The number of piperidine rings is 1. The second-order valence-electron chi connectivity index (χ2n) is 6.92. The van der Waals surface area contributed by atoms with Gasteiger partial charge in [0.15, 0.2) is 0 Å². The average Bonchev–Trinajstić information content (AvgIpc) is 3.01. The van der Waals surface area contributed by atoms with E-state index < -0.39 is 36.3 Å². The number of esters is 1. The fourth-order valence-corrected chi connectivity index (χ4v) is 3.23. The lowest BCUT2D eigenvalue weighted by atomic mass is 10.0. The molecule has 2 heterocycles. The van der Waals surface area contributed by atoms with Gasteiger partial charge in [-0.1, -0.05) is 30.3 Å². The van der Waals surface area contributed by atoms with E-state index in [1.807, 2.05) is 30.3 Å². The van der Waals surface area contributed by atoms with Crippen molar-refractivity contribution in [2.75, 3.05) is 13.1 Å². The van der Waals surface area contributed by atoms with E-state index in [4.69, 9.17) is 4.74 Å². The summed E-state index contributed by atoms with van der Waals surface area (Å²) in [5.74, 6) is -1.51. The quantitative estimate of drug-likeness (QED) is 0.551. The van der Waals surface area contributed by atoms with E-state index >= 15 is 0 Å². The van der Waals surface area contributed by atoms with E-state index in [-0.39, 0.29) is 25.5 Å². The molecule has 156 valence electrons. The monoisotopic (exact) mass is 405 g/mol. The van der Waals surface area contributed by atoms with Gasteiger partial charge >= 0.3 is 12.1 Å². The molecular formula is C19H23N3O7. The van der Waals surface area contributed by atoms with E-state index in [0.717, 1.165) is 5.56 Å². The van der Waals surface area contributed by atoms with Crippen LogP contribution in [0.25, 0.3) is 0 Å². The van der Waals surface area contributed by atoms with Crippen molar-refractivity contribution in [3.05, 3.63) is 35.9 Å². The van der Waals surface area contributed by atoms with Crippen molar-refractivity contribution in [3.63, 3.8) is 0 Å². The Labute approximate surface area is 167 Å². The molecule has 3 atom stereocenters. The summed E-state index contributed by atoms with van der Waals surface area (Å²) in [6.07, 6.45) is -1.17. The number of nitrogens with one attached hydrogen (secondary N) is 2. The molecular weight excluding hydrogens is 382 g/mol. The van der Waals surface area contributed by atoms with Crippen LogP contribution in [-0.4, -0.2) is 65.3 Å². The van der Waals surface area contributed by atoms with Gasteiger partial charge in [0.1, 0.15) is 18.7 Å². The molecule has 10 heteroatoms. The summed E-state index contributed by atoms with van der Waals surface area (Å²) in [6, 6.07) is 7.54. The first kappa shape index (κ1) is 20.6. The van der Waals surface area contributed by atoms with Crippen LogP contribution in [-0.2, 0) is 30.5 Å². The Morgan fingerprint density at radius 2 is 1.97 bits per heavy atom. The van der Waals surface area contributed by atoms with Crippen LogP contribution >= 0.6 is 0 Å². The molecule has 0 radical (unpaired) electrons. The third-order valence-electron chi connectivity index (χ3n) is 4.70. The molecule has 2 aliphatic rings. The zero-order valence-electron chi connectivity index (χ0n) is 15.7. The van der Waals surface area contributed by atoms with E-state index in [0.29, 0.717) is 19.4 Å². The smallest absolute Gasteiger partial charge is 0.408 e. The van der Waals surface area contributed by atoms with Crippen LogP contribution in [0.2, 0.25) is 0 Å². The largest absolute Gasteiger partial charge is 0.445 e. The fourth-order valence-electron chi connectivity index (χ4n) is 3.23. The minimum Gasteiger partial charge on any atom is -0.445 e. The van der Waals surface area contributed by atoms with E-state index in [1.165, 1.54) is 4.90 Å². The first-order chi connectivity index (χ1) is 13.9. The highest BCUT2D eigenvalue weighted by molar-refractivity contribution is 5.90. The molecule has 0 saturated carbocycles. The first-order valence-corrected chi connectivity index (χ1v) is 9.35. The highest BCUT2D eigenvalue weighted by Gasteiger charge is 2.36. The summed E-state index contributed by atoms with van der Waals surface area (Å²) >= 11 is 0. The maximum atomic E-state index is 12.6. The van der Waals surface area contributed by atoms with Crippen molar-refractivity contribution in [3.8, 4) is 0 Å². The van der Waals surface area contributed by atoms with Gasteiger partial charge in [-0.15, -0.1) is 0 Å². The highest BCUT2D eigenvalue weighted by Crippen LogP contribution is 2.14. The predicted octanol–water partition coefficient (Wildman–Crippen LogP) is -0.346. The van der Waals surface area contributed by atoms with Gasteiger partial charge in [0.25, 0.3) is 0 Å². The number of aliphatic hydroxyl groups excluding tert-OH is 1. The number of rotatable bonds is 6. The Morgan fingerprint density at radius 1 is 1.21 bits per heavy atom. The number of hydrogen-bond acceptors (Lipinski definition) is 7. The van der Waals surface area contributed by atoms with Gasteiger partial charge in [-0.25, -0.2) is 4.79 Å². The third-order valence-corrected chi connectivity index (χ3v) is 4.70. The molecule has 1 aromatic rings. The summed E-state index contributed by atoms with van der Waals surface area (Å²) in [5.41, 5.74) is 0.826. The van der Waals surface area contributed by atoms with Gasteiger partial charge in [-0.3, -0.25) is 14.4 Å². The van der Waals surface area contributed by atoms with Crippen LogP contribution in [0.3, 0.4) is 0 Å². The molecule has 0 bridgehead atoms. The Bertz CT molecular complexity index is 770. The zero-order chi connectivity index (χ0) is 20.8. The van der Waals surface area contributed by atoms with Crippen LogP contribution in [0, 0.1) is 0 Å². The Morgan fingerprint density at radius 3 is 2.66 bits per heavy atom. The minimum absolute atomic E-state index is 0.0875. The third kappa shape index (κ3) is 5.67. The summed E-state index contributed by atoms with van der Waals surface area (Å²) in [6.45, 7) is 0.212. The Hall–Kier alpha value is -3.14. The second-order valence-corrected chi connectivity index (χ2v) is 6.92. The van der Waals surface area contributed by atoms with Crippen LogP contribution in [0.4, 0.5) is 4.79 Å². The number of carbonyl (C=O) groups excluding carboxylic acids is 4. The molecule has 2 fully saturated rings. The van der Waals surface area contributed by atoms with Crippen LogP contribution in [0.15, 0.2) is 30.3 Å². The summed E-state index contributed by atoms with van der Waals surface area (Å²) in [4.78, 5) is 49.2. The number of aliphatic hydroxyl groups is 1. The van der Waals surface area contributed by atoms with Crippen molar-refractivity contribution in [2.24, 2.45) is 0 Å². The molecule has 0 aromatic heterocycles. The van der Waals surface area contributed by atoms with E-state index in [1.54, 1.807) is 0 Å². The second kappa shape index (κ2) is 9.37. The fraction of sp³-hybridized carbons (Fsp3) is 0.474. The molecule has 0 aliphatic carbocycles. The first-order valence-electron chi connectivity index (χ1n) is 9.35. The topological polar surface area (TPSA) is 134 Å². The molecule has 10 nitrogen and oxygen atoms in total. The highest BCUT2D eigenvalue weighted by atomic mass is 16.6. The molecule has 1 aromatic carbocycles. The van der Waals surface area contributed by atoms with Crippen LogP contribution in [0.5, 0.6) is 0 Å². The molecule has 2 saturated heterocycles. The van der Waals surface area contributed by atoms with Gasteiger partial charge in [-0.2, -0.15) is 0 Å². The lowest BCUT2D eigenvalue weighted by Gasteiger charge is -2.32. The number of alkyl carbamates (subject to hydrolysis) is 1. The van der Waals surface area contributed by atoms with E-state index in [2.05, 4.69) is 15.4 Å². The van der Waals surface area contributed by atoms with Crippen LogP contribution < -0.4 is 10.6 Å². The van der Waals surface area contributed by atoms with Crippen molar-refractivity contribution in [1.82, 2.24) is 15.5 Å². The normalized spacial score (nSPS) is 24.0. The molecule has 1 unspecified atom stereocenters. The maximum Gasteiger partial charge on any atom is 0.408 e. The SMILES string of the molecule is O=C(CN1CCC[C@H](NC(=O)OCc2ccccc2)C1=O)N[C@H]1CC(=O)OC1O.